The minimum absolute atomic E-state index is 0.112. The lowest BCUT2D eigenvalue weighted by molar-refractivity contribution is -0.163. The summed E-state index contributed by atoms with van der Waals surface area (Å²) < 4.78 is 16.5. The second kappa shape index (κ2) is 12.8. The molecule has 9 heteroatoms. The van der Waals surface area contributed by atoms with Crippen molar-refractivity contribution in [1.29, 1.82) is 0 Å². The van der Waals surface area contributed by atoms with Gasteiger partial charge in [0.2, 0.25) is 5.91 Å². The van der Waals surface area contributed by atoms with Crippen LogP contribution in [0.4, 0.5) is 4.79 Å². The highest BCUT2D eigenvalue weighted by Crippen LogP contribution is 2.21. The summed E-state index contributed by atoms with van der Waals surface area (Å²) in [7, 11) is 0. The Bertz CT molecular complexity index is 1260. The van der Waals surface area contributed by atoms with Crippen LogP contribution < -0.4 is 5.32 Å². The number of nitrogens with zero attached hydrogens (tertiary/aromatic N) is 1. The van der Waals surface area contributed by atoms with Gasteiger partial charge < -0.3 is 29.4 Å². The van der Waals surface area contributed by atoms with Crippen LogP contribution in [0.1, 0.15) is 44.7 Å². The van der Waals surface area contributed by atoms with Crippen molar-refractivity contribution in [3.8, 4) is 0 Å². The zero-order valence-corrected chi connectivity index (χ0v) is 22.8. The molecule has 0 radical (unpaired) electrons. The van der Waals surface area contributed by atoms with Crippen molar-refractivity contribution in [2.75, 3.05) is 19.7 Å². The van der Waals surface area contributed by atoms with Gasteiger partial charge in [-0.15, -0.1) is 0 Å². The molecule has 2 N–H and O–H groups in total. The van der Waals surface area contributed by atoms with Crippen molar-refractivity contribution in [3.63, 3.8) is 0 Å². The number of esters is 1. The summed E-state index contributed by atoms with van der Waals surface area (Å²) in [5.74, 6) is -0.583. The third-order valence-corrected chi connectivity index (χ3v) is 6.51. The predicted octanol–water partition coefficient (Wildman–Crippen LogP) is 4.35. The van der Waals surface area contributed by atoms with Crippen molar-refractivity contribution >= 4 is 28.9 Å². The van der Waals surface area contributed by atoms with Gasteiger partial charge in [0.1, 0.15) is 24.9 Å². The lowest BCUT2D eigenvalue weighted by Gasteiger charge is -2.34. The van der Waals surface area contributed by atoms with E-state index in [2.05, 4.69) is 10.3 Å². The van der Waals surface area contributed by atoms with E-state index in [1.165, 1.54) is 0 Å². The molecule has 1 fully saturated rings. The summed E-state index contributed by atoms with van der Waals surface area (Å²) in [6.45, 7) is 6.36. The number of para-hydroxylation sites is 1. The number of H-pyrrole nitrogens is 1. The monoisotopic (exact) mass is 535 g/mol. The molecular weight excluding hydrogens is 498 g/mol. The van der Waals surface area contributed by atoms with Crippen LogP contribution in [0.3, 0.4) is 0 Å². The Morgan fingerprint density at radius 3 is 2.44 bits per heavy atom. The fraction of sp³-hybridized carbons (Fsp3) is 0.433. The average molecular weight is 536 g/mol. The molecular formula is C30H37N3O6. The maximum absolute atomic E-state index is 13.6. The van der Waals surface area contributed by atoms with Crippen molar-refractivity contribution in [2.24, 2.45) is 0 Å². The van der Waals surface area contributed by atoms with Crippen molar-refractivity contribution in [3.05, 3.63) is 71.9 Å². The molecule has 1 aliphatic rings. The molecule has 0 aliphatic carbocycles. The van der Waals surface area contributed by atoms with E-state index >= 15 is 0 Å². The fourth-order valence-corrected chi connectivity index (χ4v) is 4.65. The van der Waals surface area contributed by atoms with Gasteiger partial charge in [-0.2, -0.15) is 0 Å². The van der Waals surface area contributed by atoms with Crippen molar-refractivity contribution in [2.45, 2.75) is 64.4 Å². The van der Waals surface area contributed by atoms with E-state index in [4.69, 9.17) is 14.2 Å². The van der Waals surface area contributed by atoms with Crippen LogP contribution in [0, 0.1) is 0 Å². The standard InChI is InChI=1S/C30H37N3O6/c1-30(2,3)39-27(34)20-37-23-13-15-33(16-14-23)28(35)26(17-22-18-31-25-12-8-7-11-24(22)25)32-29(36)38-19-21-9-5-4-6-10-21/h4-12,18,23,26,31H,13-17,19-20H2,1-3H3,(H,32,36)/t26-/m0/s1. The number of alkyl carbamates (subject to hydrolysis) is 1. The minimum Gasteiger partial charge on any atom is -0.458 e. The molecule has 0 saturated carbocycles. The number of likely N-dealkylation sites (tertiary alicyclic amines) is 1. The fourth-order valence-electron chi connectivity index (χ4n) is 4.65. The third-order valence-electron chi connectivity index (χ3n) is 6.51. The maximum Gasteiger partial charge on any atom is 0.408 e. The van der Waals surface area contributed by atoms with Gasteiger partial charge in [-0.1, -0.05) is 48.5 Å². The first-order valence-electron chi connectivity index (χ1n) is 13.3. The summed E-state index contributed by atoms with van der Waals surface area (Å²) in [5, 5.41) is 3.81. The highest BCUT2D eigenvalue weighted by Gasteiger charge is 2.31. The topological polar surface area (TPSA) is 110 Å². The molecule has 1 aromatic heterocycles. The third kappa shape index (κ3) is 8.32. The Morgan fingerprint density at radius 2 is 1.72 bits per heavy atom. The summed E-state index contributed by atoms with van der Waals surface area (Å²) in [6, 6.07) is 16.4. The second-order valence-corrected chi connectivity index (χ2v) is 10.7. The van der Waals surface area contributed by atoms with Gasteiger partial charge >= 0.3 is 12.1 Å². The average Bonchev–Trinajstić information content (AvgIpc) is 3.33. The zero-order chi connectivity index (χ0) is 27.8. The first kappa shape index (κ1) is 28.2. The van der Waals surface area contributed by atoms with Crippen LogP contribution >= 0.6 is 0 Å². The Morgan fingerprint density at radius 1 is 1.03 bits per heavy atom. The number of hydrogen-bond acceptors (Lipinski definition) is 6. The maximum atomic E-state index is 13.6. The number of amides is 2. The van der Waals surface area contributed by atoms with E-state index < -0.39 is 23.7 Å². The first-order valence-corrected chi connectivity index (χ1v) is 13.3. The Hall–Kier alpha value is -3.85. The molecule has 2 heterocycles. The Kier molecular flexibility index (Phi) is 9.24. The number of hydrogen-bond donors (Lipinski definition) is 2. The molecule has 39 heavy (non-hydrogen) atoms. The van der Waals surface area contributed by atoms with Gasteiger partial charge in [-0.05, 0) is 50.8 Å². The van der Waals surface area contributed by atoms with E-state index in [0.29, 0.717) is 32.4 Å². The molecule has 4 rings (SSSR count). The number of piperidine rings is 1. The van der Waals surface area contributed by atoms with Crippen LogP contribution in [0.15, 0.2) is 60.8 Å². The number of carbonyl (C=O) groups is 3. The first-order chi connectivity index (χ1) is 18.7. The highest BCUT2D eigenvalue weighted by atomic mass is 16.6. The SMILES string of the molecule is CC(C)(C)OC(=O)COC1CCN(C(=O)[C@H](Cc2c[nH]c3ccccc23)NC(=O)OCc2ccccc2)CC1. The molecule has 2 aromatic carbocycles. The van der Waals surface area contributed by atoms with Crippen molar-refractivity contribution in [1.82, 2.24) is 15.2 Å². The molecule has 1 atom stereocenters. The minimum atomic E-state index is -0.799. The molecule has 1 saturated heterocycles. The Labute approximate surface area is 228 Å². The summed E-state index contributed by atoms with van der Waals surface area (Å²) in [4.78, 5) is 43.3. The van der Waals surface area contributed by atoms with Gasteiger partial charge in [0.25, 0.3) is 0 Å². The molecule has 0 spiro atoms. The van der Waals surface area contributed by atoms with Crippen LogP contribution in [0.5, 0.6) is 0 Å². The molecule has 208 valence electrons. The van der Waals surface area contributed by atoms with E-state index in [1.807, 2.05) is 81.6 Å². The van der Waals surface area contributed by atoms with E-state index in [1.54, 1.807) is 4.90 Å². The molecule has 3 aromatic rings. The number of benzene rings is 2. The van der Waals surface area contributed by atoms with Gasteiger partial charge in [0.05, 0.1) is 6.10 Å². The zero-order valence-electron chi connectivity index (χ0n) is 22.8. The van der Waals surface area contributed by atoms with Crippen LogP contribution in [0.2, 0.25) is 0 Å². The summed E-state index contributed by atoms with van der Waals surface area (Å²) >= 11 is 0. The van der Waals surface area contributed by atoms with E-state index in [9.17, 15) is 14.4 Å². The number of ether oxygens (including phenoxy) is 3. The smallest absolute Gasteiger partial charge is 0.408 e. The number of fused-ring (bicyclic) bond motifs is 1. The lowest BCUT2D eigenvalue weighted by Crippen LogP contribution is -2.52. The molecule has 9 nitrogen and oxygen atoms in total. The van der Waals surface area contributed by atoms with Crippen LogP contribution in [-0.4, -0.2) is 65.3 Å². The van der Waals surface area contributed by atoms with Gasteiger partial charge in [-0.25, -0.2) is 9.59 Å². The summed E-state index contributed by atoms with van der Waals surface area (Å²) in [5.41, 5.74) is 2.20. The molecule has 0 bridgehead atoms. The molecule has 1 aliphatic heterocycles. The lowest BCUT2D eigenvalue weighted by atomic mass is 10.0. The second-order valence-electron chi connectivity index (χ2n) is 10.7. The highest BCUT2D eigenvalue weighted by molar-refractivity contribution is 5.88. The van der Waals surface area contributed by atoms with E-state index in [-0.39, 0.29) is 25.2 Å². The number of rotatable bonds is 9. The van der Waals surface area contributed by atoms with E-state index in [0.717, 1.165) is 22.0 Å². The molecule has 0 unspecified atom stereocenters. The predicted molar refractivity (Wildman–Crippen MR) is 147 cm³/mol. The number of aromatic nitrogens is 1. The Balaban J connectivity index is 1.37. The van der Waals surface area contributed by atoms with Crippen LogP contribution in [-0.2, 0) is 36.8 Å². The normalized spacial score (nSPS) is 15.1. The van der Waals surface area contributed by atoms with Gasteiger partial charge in [0, 0.05) is 36.6 Å². The van der Waals surface area contributed by atoms with Gasteiger partial charge in [0.15, 0.2) is 0 Å². The number of nitrogens with one attached hydrogen (secondary N) is 2. The van der Waals surface area contributed by atoms with Crippen molar-refractivity contribution < 1.29 is 28.6 Å². The quantitative estimate of drug-likeness (QED) is 0.394. The van der Waals surface area contributed by atoms with Gasteiger partial charge in [-0.3, -0.25) is 4.79 Å². The largest absolute Gasteiger partial charge is 0.458 e. The summed E-state index contributed by atoms with van der Waals surface area (Å²) in [6.07, 6.45) is 2.58. The number of aromatic amines is 1. The molecule has 2 amide bonds. The number of carbonyl (C=O) groups excluding carboxylic acids is 3. The van der Waals surface area contributed by atoms with Crippen LogP contribution in [0.25, 0.3) is 10.9 Å².